The van der Waals surface area contributed by atoms with Crippen molar-refractivity contribution >= 4 is 5.97 Å². The molecule has 2 N–H and O–H groups in total. The van der Waals surface area contributed by atoms with Crippen molar-refractivity contribution in [2.24, 2.45) is 23.7 Å². The Hall–Kier alpha value is -0.650. The minimum Gasteiger partial charge on any atom is -0.432 e. The Morgan fingerprint density at radius 2 is 1.85 bits per heavy atom. The van der Waals surface area contributed by atoms with Crippen molar-refractivity contribution in [1.29, 1.82) is 0 Å². The van der Waals surface area contributed by atoms with E-state index in [2.05, 4.69) is 6.92 Å². The van der Waals surface area contributed by atoms with E-state index in [1.165, 1.54) is 0 Å². The Bertz CT molecular complexity index is 420. The standard InChI is InChI=1S/C15H24O5/c1-8-4-5-11-9(2)12(16)19-13-15(11,18)10(8)6-7-14(3,17)20-13/h8-11,13,17-18H,4-7H2,1-3H3/t8-,9-,10?,11?,13-,14-,15-/m1/s1. The summed E-state index contributed by atoms with van der Waals surface area (Å²) in [6, 6.07) is 0. The summed E-state index contributed by atoms with van der Waals surface area (Å²) in [5.41, 5.74) is -1.18. The molecule has 5 heteroatoms. The maximum absolute atomic E-state index is 12.0. The van der Waals surface area contributed by atoms with E-state index in [0.29, 0.717) is 18.8 Å². The molecule has 0 aromatic rings. The van der Waals surface area contributed by atoms with Crippen molar-refractivity contribution in [2.75, 3.05) is 0 Å². The van der Waals surface area contributed by atoms with Gasteiger partial charge in [0.1, 0.15) is 5.60 Å². The first-order valence-electron chi connectivity index (χ1n) is 7.59. The third kappa shape index (κ3) is 1.90. The first-order chi connectivity index (χ1) is 9.25. The van der Waals surface area contributed by atoms with E-state index in [4.69, 9.17) is 9.47 Å². The summed E-state index contributed by atoms with van der Waals surface area (Å²) in [7, 11) is 0. The maximum atomic E-state index is 12.0. The topological polar surface area (TPSA) is 76.0 Å². The molecule has 2 unspecified atom stereocenters. The summed E-state index contributed by atoms with van der Waals surface area (Å²) >= 11 is 0. The number of hydrogen-bond donors (Lipinski definition) is 2. The van der Waals surface area contributed by atoms with Gasteiger partial charge in [-0.05, 0) is 38.0 Å². The normalized spacial score (nSPS) is 55.6. The van der Waals surface area contributed by atoms with Gasteiger partial charge in [-0.2, -0.15) is 0 Å². The van der Waals surface area contributed by atoms with Crippen molar-refractivity contribution in [3.63, 3.8) is 0 Å². The largest absolute Gasteiger partial charge is 0.432 e. The van der Waals surface area contributed by atoms with E-state index in [1.54, 1.807) is 6.92 Å². The number of rotatable bonds is 0. The highest BCUT2D eigenvalue weighted by atomic mass is 16.8. The summed E-state index contributed by atoms with van der Waals surface area (Å²) < 4.78 is 10.9. The Morgan fingerprint density at radius 1 is 1.15 bits per heavy atom. The molecule has 0 aromatic carbocycles. The van der Waals surface area contributed by atoms with E-state index in [9.17, 15) is 15.0 Å². The van der Waals surface area contributed by atoms with Crippen molar-refractivity contribution in [2.45, 2.75) is 64.1 Å². The van der Waals surface area contributed by atoms with Crippen LogP contribution in [-0.4, -0.2) is 33.9 Å². The Morgan fingerprint density at radius 3 is 2.55 bits per heavy atom. The summed E-state index contributed by atoms with van der Waals surface area (Å²) in [5, 5.41) is 21.6. The van der Waals surface area contributed by atoms with E-state index in [1.807, 2.05) is 6.92 Å². The third-order valence-electron chi connectivity index (χ3n) is 5.66. The van der Waals surface area contributed by atoms with Crippen molar-refractivity contribution in [3.05, 3.63) is 0 Å². The van der Waals surface area contributed by atoms with E-state index in [0.717, 1.165) is 12.8 Å². The van der Waals surface area contributed by atoms with Crippen LogP contribution in [0.2, 0.25) is 0 Å². The maximum Gasteiger partial charge on any atom is 0.311 e. The minimum absolute atomic E-state index is 0.00391. The fourth-order valence-corrected chi connectivity index (χ4v) is 4.42. The van der Waals surface area contributed by atoms with Gasteiger partial charge in [0.05, 0.1) is 5.92 Å². The first kappa shape index (κ1) is 14.3. The van der Waals surface area contributed by atoms with Crippen LogP contribution in [0.5, 0.6) is 0 Å². The molecular weight excluding hydrogens is 260 g/mol. The fourth-order valence-electron chi connectivity index (χ4n) is 4.42. The van der Waals surface area contributed by atoms with Crippen LogP contribution in [0.25, 0.3) is 0 Å². The van der Waals surface area contributed by atoms with Crippen LogP contribution < -0.4 is 0 Å². The molecule has 2 aliphatic heterocycles. The molecule has 20 heavy (non-hydrogen) atoms. The lowest BCUT2D eigenvalue weighted by atomic mass is 9.58. The molecule has 0 bridgehead atoms. The minimum atomic E-state index is -1.36. The third-order valence-corrected chi connectivity index (χ3v) is 5.66. The van der Waals surface area contributed by atoms with Crippen molar-refractivity contribution in [1.82, 2.24) is 0 Å². The number of esters is 1. The average molecular weight is 284 g/mol. The first-order valence-corrected chi connectivity index (χ1v) is 7.59. The monoisotopic (exact) mass is 284 g/mol. The Kier molecular flexibility index (Phi) is 3.16. The molecule has 5 nitrogen and oxygen atoms in total. The summed E-state index contributed by atoms with van der Waals surface area (Å²) in [4.78, 5) is 12.0. The molecule has 1 aliphatic carbocycles. The highest BCUT2D eigenvalue weighted by molar-refractivity contribution is 5.74. The molecule has 114 valence electrons. The van der Waals surface area contributed by atoms with Crippen LogP contribution in [0, 0.1) is 23.7 Å². The molecule has 2 heterocycles. The second kappa shape index (κ2) is 4.42. The number of carbonyl (C=O) groups excluding carboxylic acids is 1. The van der Waals surface area contributed by atoms with Gasteiger partial charge >= 0.3 is 5.97 Å². The molecule has 1 saturated carbocycles. The molecule has 0 radical (unpaired) electrons. The van der Waals surface area contributed by atoms with Crippen LogP contribution in [0.3, 0.4) is 0 Å². The second-order valence-corrected chi connectivity index (χ2v) is 7.04. The predicted octanol–water partition coefficient (Wildman–Crippen LogP) is 1.42. The molecule has 3 aliphatic rings. The van der Waals surface area contributed by atoms with Gasteiger partial charge in [0.15, 0.2) is 5.79 Å². The zero-order valence-electron chi connectivity index (χ0n) is 12.3. The predicted molar refractivity (Wildman–Crippen MR) is 70.3 cm³/mol. The molecule has 3 rings (SSSR count). The lowest BCUT2D eigenvalue weighted by Gasteiger charge is -2.54. The molecule has 7 atom stereocenters. The molecular formula is C15H24O5. The SMILES string of the molecule is C[C@@H]1CCC2[C@@H](C)C(=O)O[C@@H]3O[C@@](C)(O)CCC1[C@@]23O. The van der Waals surface area contributed by atoms with Crippen LogP contribution in [0.1, 0.15) is 46.5 Å². The lowest BCUT2D eigenvalue weighted by molar-refractivity contribution is -0.346. The van der Waals surface area contributed by atoms with Gasteiger partial charge in [0.25, 0.3) is 0 Å². The molecule has 0 aromatic heterocycles. The summed E-state index contributed by atoms with van der Waals surface area (Å²) in [6.07, 6.45) is 1.86. The van der Waals surface area contributed by atoms with E-state index >= 15 is 0 Å². The Balaban J connectivity index is 2.05. The summed E-state index contributed by atoms with van der Waals surface area (Å²) in [5.74, 6) is -1.84. The Labute approximate surface area is 119 Å². The van der Waals surface area contributed by atoms with Crippen LogP contribution in [-0.2, 0) is 14.3 Å². The zero-order valence-corrected chi connectivity index (χ0v) is 12.3. The molecule has 0 amide bonds. The van der Waals surface area contributed by atoms with Crippen molar-refractivity contribution < 1.29 is 24.5 Å². The van der Waals surface area contributed by atoms with E-state index in [-0.39, 0.29) is 23.7 Å². The van der Waals surface area contributed by atoms with Gasteiger partial charge in [-0.3, -0.25) is 4.79 Å². The summed E-state index contributed by atoms with van der Waals surface area (Å²) in [6.45, 7) is 5.51. The van der Waals surface area contributed by atoms with Gasteiger partial charge in [0.2, 0.25) is 6.29 Å². The molecule has 0 spiro atoms. The number of aliphatic hydroxyl groups is 2. The van der Waals surface area contributed by atoms with E-state index < -0.39 is 17.7 Å². The number of ether oxygens (including phenoxy) is 2. The lowest BCUT2D eigenvalue weighted by Crippen LogP contribution is -2.65. The fraction of sp³-hybridized carbons (Fsp3) is 0.933. The van der Waals surface area contributed by atoms with Gasteiger partial charge < -0.3 is 19.7 Å². The van der Waals surface area contributed by atoms with Crippen LogP contribution >= 0.6 is 0 Å². The van der Waals surface area contributed by atoms with Crippen LogP contribution in [0.4, 0.5) is 0 Å². The highest BCUT2D eigenvalue weighted by Crippen LogP contribution is 2.54. The van der Waals surface area contributed by atoms with Gasteiger partial charge in [0, 0.05) is 12.3 Å². The quantitative estimate of drug-likeness (QED) is 0.658. The number of carbonyl (C=O) groups is 1. The molecule has 2 saturated heterocycles. The highest BCUT2D eigenvalue weighted by Gasteiger charge is 2.63. The van der Waals surface area contributed by atoms with Gasteiger partial charge in [-0.15, -0.1) is 0 Å². The smallest absolute Gasteiger partial charge is 0.311 e. The number of hydrogen-bond acceptors (Lipinski definition) is 5. The van der Waals surface area contributed by atoms with Gasteiger partial charge in [-0.25, -0.2) is 0 Å². The zero-order chi connectivity index (χ0) is 14.7. The van der Waals surface area contributed by atoms with Crippen molar-refractivity contribution in [3.8, 4) is 0 Å². The average Bonchev–Trinajstić information content (AvgIpc) is 2.44. The van der Waals surface area contributed by atoms with Crippen LogP contribution in [0.15, 0.2) is 0 Å². The van der Waals surface area contributed by atoms with Gasteiger partial charge in [-0.1, -0.05) is 13.8 Å². The molecule has 3 fully saturated rings. The second-order valence-electron chi connectivity index (χ2n) is 7.04.